The fourth-order valence-electron chi connectivity index (χ4n) is 2.55. The first-order valence-corrected chi connectivity index (χ1v) is 10.1. The zero-order valence-corrected chi connectivity index (χ0v) is 17.6. The summed E-state index contributed by atoms with van der Waals surface area (Å²) in [7, 11) is 1.67. The monoisotopic (exact) mass is 401 g/mol. The number of ether oxygens (including phenoxy) is 1. The summed E-state index contributed by atoms with van der Waals surface area (Å²) < 4.78 is 8.65. The Balaban J connectivity index is 2.09. The second kappa shape index (κ2) is 10.8. The third kappa shape index (κ3) is 6.35. The maximum atomic E-state index is 10.9. The van der Waals surface area contributed by atoms with Crippen LogP contribution < -0.4 is 9.46 Å². The molecule has 0 heterocycles. The Hall–Kier alpha value is -2.38. The van der Waals surface area contributed by atoms with Gasteiger partial charge in [-0.15, -0.1) is 0 Å². The largest absolute Gasteiger partial charge is 0.497 e. The fourth-order valence-corrected chi connectivity index (χ4v) is 3.36. The van der Waals surface area contributed by atoms with Crippen molar-refractivity contribution in [3.8, 4) is 5.75 Å². The Morgan fingerprint density at radius 3 is 2.79 bits per heavy atom. The number of aliphatic imine (C=N–C) groups is 1. The van der Waals surface area contributed by atoms with Gasteiger partial charge in [-0.1, -0.05) is 19.4 Å². The SMILES string of the molecule is CCCCc1cc(OC)ccc1N=C(C)C(C)NSc1cccc([N+](=O)[O-])c1. The second-order valence-electron chi connectivity index (χ2n) is 6.55. The molecule has 0 saturated carbocycles. The van der Waals surface area contributed by atoms with Crippen LogP contribution >= 0.6 is 11.9 Å². The van der Waals surface area contributed by atoms with Crippen LogP contribution in [0.25, 0.3) is 0 Å². The molecule has 0 spiro atoms. The van der Waals surface area contributed by atoms with Gasteiger partial charge in [0.05, 0.1) is 23.8 Å². The molecule has 0 radical (unpaired) electrons. The third-order valence-electron chi connectivity index (χ3n) is 4.39. The summed E-state index contributed by atoms with van der Waals surface area (Å²) in [6.45, 7) is 6.18. The van der Waals surface area contributed by atoms with Crippen LogP contribution in [-0.2, 0) is 6.42 Å². The highest BCUT2D eigenvalue weighted by atomic mass is 32.2. The van der Waals surface area contributed by atoms with Crippen LogP contribution in [0.4, 0.5) is 11.4 Å². The molecule has 2 aromatic carbocycles. The highest BCUT2D eigenvalue weighted by molar-refractivity contribution is 7.97. The van der Waals surface area contributed by atoms with E-state index in [0.29, 0.717) is 0 Å². The molecule has 0 fully saturated rings. The van der Waals surface area contributed by atoms with Crippen molar-refractivity contribution in [1.82, 2.24) is 4.72 Å². The second-order valence-corrected chi connectivity index (χ2v) is 7.46. The molecule has 0 saturated heterocycles. The van der Waals surface area contributed by atoms with Crippen molar-refractivity contribution < 1.29 is 9.66 Å². The number of aryl methyl sites for hydroxylation is 1. The summed E-state index contributed by atoms with van der Waals surface area (Å²) in [6, 6.07) is 12.6. The number of nitrogens with one attached hydrogen (secondary N) is 1. The average molecular weight is 402 g/mol. The van der Waals surface area contributed by atoms with E-state index < -0.39 is 0 Å². The van der Waals surface area contributed by atoms with E-state index in [-0.39, 0.29) is 16.7 Å². The number of rotatable bonds is 10. The Bertz CT molecular complexity index is 839. The van der Waals surface area contributed by atoms with Crippen molar-refractivity contribution in [2.24, 2.45) is 4.99 Å². The quantitative estimate of drug-likeness (QED) is 0.238. The van der Waals surface area contributed by atoms with Crippen molar-refractivity contribution in [1.29, 1.82) is 0 Å². The summed E-state index contributed by atoms with van der Waals surface area (Å²) in [5.74, 6) is 0.843. The molecule has 0 aliphatic rings. The van der Waals surface area contributed by atoms with Gasteiger partial charge in [-0.3, -0.25) is 19.8 Å². The van der Waals surface area contributed by atoms with Gasteiger partial charge < -0.3 is 4.74 Å². The van der Waals surface area contributed by atoms with Crippen LogP contribution in [0.1, 0.15) is 39.2 Å². The van der Waals surface area contributed by atoms with Gasteiger partial charge in [0.2, 0.25) is 0 Å². The highest BCUT2D eigenvalue weighted by Crippen LogP contribution is 2.27. The number of nitro benzene ring substituents is 1. The molecule has 1 atom stereocenters. The average Bonchev–Trinajstić information content (AvgIpc) is 2.71. The fraction of sp³-hybridized carbons (Fsp3) is 0.381. The van der Waals surface area contributed by atoms with Gasteiger partial charge in [-0.2, -0.15) is 0 Å². The first kappa shape index (κ1) is 21.9. The molecule has 0 bridgehead atoms. The van der Waals surface area contributed by atoms with Crippen molar-refractivity contribution in [2.45, 2.75) is 51.0 Å². The smallest absolute Gasteiger partial charge is 0.270 e. The van der Waals surface area contributed by atoms with Gasteiger partial charge in [0.25, 0.3) is 5.69 Å². The molecule has 0 aliphatic carbocycles. The summed E-state index contributed by atoms with van der Waals surface area (Å²) in [6.07, 6.45) is 3.19. The van der Waals surface area contributed by atoms with E-state index in [1.807, 2.05) is 32.0 Å². The molecule has 1 N–H and O–H groups in total. The lowest BCUT2D eigenvalue weighted by Crippen LogP contribution is -2.26. The van der Waals surface area contributed by atoms with Crippen LogP contribution in [-0.4, -0.2) is 23.8 Å². The molecule has 7 heteroatoms. The van der Waals surface area contributed by atoms with E-state index in [0.717, 1.165) is 41.3 Å². The van der Waals surface area contributed by atoms with Crippen LogP contribution in [0.5, 0.6) is 5.75 Å². The number of methoxy groups -OCH3 is 1. The van der Waals surface area contributed by atoms with Crippen molar-refractivity contribution >= 4 is 29.0 Å². The zero-order chi connectivity index (χ0) is 20.5. The summed E-state index contributed by atoms with van der Waals surface area (Å²) in [5, 5.41) is 10.9. The molecule has 28 heavy (non-hydrogen) atoms. The minimum absolute atomic E-state index is 0.00499. The highest BCUT2D eigenvalue weighted by Gasteiger charge is 2.11. The van der Waals surface area contributed by atoms with Crippen molar-refractivity contribution in [2.75, 3.05) is 7.11 Å². The van der Waals surface area contributed by atoms with Crippen molar-refractivity contribution in [3.05, 3.63) is 58.1 Å². The lowest BCUT2D eigenvalue weighted by molar-refractivity contribution is -0.385. The first-order valence-electron chi connectivity index (χ1n) is 9.33. The van der Waals surface area contributed by atoms with Crippen molar-refractivity contribution in [3.63, 3.8) is 0 Å². The van der Waals surface area contributed by atoms with E-state index in [9.17, 15) is 10.1 Å². The van der Waals surface area contributed by atoms with E-state index in [4.69, 9.17) is 9.73 Å². The van der Waals surface area contributed by atoms with Crippen LogP contribution in [0, 0.1) is 10.1 Å². The molecular weight excluding hydrogens is 374 g/mol. The van der Waals surface area contributed by atoms with Crippen LogP contribution in [0.2, 0.25) is 0 Å². The molecule has 6 nitrogen and oxygen atoms in total. The van der Waals surface area contributed by atoms with Gasteiger partial charge in [0, 0.05) is 22.7 Å². The van der Waals surface area contributed by atoms with Gasteiger partial charge in [-0.05, 0) is 68.5 Å². The van der Waals surface area contributed by atoms with Crippen LogP contribution in [0.3, 0.4) is 0 Å². The van der Waals surface area contributed by atoms with E-state index >= 15 is 0 Å². The van der Waals surface area contributed by atoms with Gasteiger partial charge in [0.1, 0.15) is 5.75 Å². The van der Waals surface area contributed by atoms with E-state index in [2.05, 4.69) is 17.7 Å². The molecule has 2 rings (SSSR count). The Labute approximate surface area is 170 Å². The number of benzene rings is 2. The number of hydrogen-bond donors (Lipinski definition) is 1. The lowest BCUT2D eigenvalue weighted by atomic mass is 10.1. The molecule has 0 aliphatic heterocycles. The summed E-state index contributed by atoms with van der Waals surface area (Å²) >= 11 is 1.37. The topological polar surface area (TPSA) is 76.8 Å². The number of nitrogens with zero attached hydrogens (tertiary/aromatic N) is 2. The molecular formula is C21H27N3O3S. The standard InChI is InChI=1S/C21H27N3O3S/c1-5-6-8-17-13-19(27-4)11-12-21(17)22-15(2)16(3)23-28-20-10-7-9-18(14-20)24(25)26/h7,9-14,16,23H,5-6,8H2,1-4H3. The molecule has 2 aromatic rings. The maximum Gasteiger partial charge on any atom is 0.270 e. The van der Waals surface area contributed by atoms with Crippen LogP contribution in [0.15, 0.2) is 52.4 Å². The third-order valence-corrected chi connectivity index (χ3v) is 5.35. The number of non-ortho nitro benzene ring substituents is 1. The molecule has 0 aromatic heterocycles. The Kier molecular flexibility index (Phi) is 8.47. The molecule has 1 unspecified atom stereocenters. The summed E-state index contributed by atoms with van der Waals surface area (Å²) in [4.78, 5) is 16.1. The summed E-state index contributed by atoms with van der Waals surface area (Å²) in [5.41, 5.74) is 3.17. The molecule has 0 amide bonds. The Morgan fingerprint density at radius 2 is 2.11 bits per heavy atom. The number of nitro groups is 1. The predicted molar refractivity (Wildman–Crippen MR) is 116 cm³/mol. The molecule has 150 valence electrons. The maximum absolute atomic E-state index is 10.9. The van der Waals surface area contributed by atoms with E-state index in [1.165, 1.54) is 23.6 Å². The zero-order valence-electron chi connectivity index (χ0n) is 16.8. The number of unbranched alkanes of at least 4 members (excludes halogenated alkanes) is 1. The van der Waals surface area contributed by atoms with Gasteiger partial charge >= 0.3 is 0 Å². The first-order chi connectivity index (χ1) is 13.4. The van der Waals surface area contributed by atoms with Gasteiger partial charge in [-0.25, -0.2) is 0 Å². The minimum atomic E-state index is -0.387. The van der Waals surface area contributed by atoms with E-state index in [1.54, 1.807) is 19.2 Å². The minimum Gasteiger partial charge on any atom is -0.497 e. The lowest BCUT2D eigenvalue weighted by Gasteiger charge is -2.14. The number of hydrogen-bond acceptors (Lipinski definition) is 6. The predicted octanol–water partition coefficient (Wildman–Crippen LogP) is 5.72. The Morgan fingerprint density at radius 1 is 1.32 bits per heavy atom. The van der Waals surface area contributed by atoms with Gasteiger partial charge in [0.15, 0.2) is 0 Å². The normalized spacial score (nSPS) is 12.6.